The van der Waals surface area contributed by atoms with Crippen molar-refractivity contribution in [3.63, 3.8) is 0 Å². The van der Waals surface area contributed by atoms with Gasteiger partial charge in [-0.15, -0.1) is 0 Å². The molecule has 12 heavy (non-hydrogen) atoms. The van der Waals surface area contributed by atoms with Crippen LogP contribution >= 0.6 is 0 Å². The van der Waals surface area contributed by atoms with Gasteiger partial charge in [-0.25, -0.2) is 0 Å². The number of aliphatic hydroxyl groups is 1. The van der Waals surface area contributed by atoms with Crippen LogP contribution in [0.1, 0.15) is 20.3 Å². The van der Waals surface area contributed by atoms with Crippen molar-refractivity contribution in [2.75, 3.05) is 19.7 Å². The number of nitrogens with zero attached hydrogens (tertiary/aromatic N) is 1. The summed E-state index contributed by atoms with van der Waals surface area (Å²) in [6, 6.07) is 0. The predicted molar refractivity (Wildman–Crippen MR) is 49.3 cm³/mol. The van der Waals surface area contributed by atoms with E-state index >= 15 is 0 Å². The van der Waals surface area contributed by atoms with Crippen molar-refractivity contribution in [3.05, 3.63) is 0 Å². The van der Waals surface area contributed by atoms with E-state index in [0.29, 0.717) is 17.7 Å². The third-order valence-electron chi connectivity index (χ3n) is 2.48. The van der Waals surface area contributed by atoms with Crippen LogP contribution in [0.25, 0.3) is 0 Å². The number of rotatable bonds is 1. The number of nitrogens with one attached hydrogen (secondary N) is 1. The van der Waals surface area contributed by atoms with Gasteiger partial charge in [-0.1, -0.05) is 6.92 Å². The highest BCUT2D eigenvalue weighted by molar-refractivity contribution is 5.76. The zero-order valence-corrected chi connectivity index (χ0v) is 7.88. The quantitative estimate of drug-likeness (QED) is 0.454. The van der Waals surface area contributed by atoms with Gasteiger partial charge in [0.2, 0.25) is 0 Å². The molecule has 1 aliphatic heterocycles. The van der Waals surface area contributed by atoms with Crippen LogP contribution in [-0.4, -0.2) is 35.5 Å². The molecule has 0 aromatic rings. The molecular weight excluding hydrogens is 152 g/mol. The molecule has 70 valence electrons. The minimum atomic E-state index is 0.258. The standard InChI is InChI=1S/C9H18N2O/c1-7-3-9(6-12)5-11(4-7)8(2)10/h7,9-10,12H,3-6H2,1-2H3. The van der Waals surface area contributed by atoms with Crippen molar-refractivity contribution in [2.24, 2.45) is 11.8 Å². The van der Waals surface area contributed by atoms with Crippen LogP contribution in [-0.2, 0) is 0 Å². The zero-order valence-electron chi connectivity index (χ0n) is 7.88. The van der Waals surface area contributed by atoms with Crippen LogP contribution in [0.4, 0.5) is 0 Å². The van der Waals surface area contributed by atoms with Crippen LogP contribution in [0.3, 0.4) is 0 Å². The van der Waals surface area contributed by atoms with Gasteiger partial charge in [0.15, 0.2) is 0 Å². The Morgan fingerprint density at radius 3 is 2.75 bits per heavy atom. The molecule has 1 heterocycles. The zero-order chi connectivity index (χ0) is 9.14. The van der Waals surface area contributed by atoms with E-state index in [-0.39, 0.29) is 6.61 Å². The Morgan fingerprint density at radius 2 is 2.25 bits per heavy atom. The fraction of sp³-hybridized carbons (Fsp3) is 0.889. The molecule has 2 atom stereocenters. The maximum atomic E-state index is 9.01. The van der Waals surface area contributed by atoms with Gasteiger partial charge < -0.3 is 10.0 Å². The molecule has 1 saturated heterocycles. The third kappa shape index (κ3) is 2.21. The molecule has 0 spiro atoms. The third-order valence-corrected chi connectivity index (χ3v) is 2.48. The summed E-state index contributed by atoms with van der Waals surface area (Å²) in [7, 11) is 0. The fourth-order valence-corrected chi connectivity index (χ4v) is 1.89. The van der Waals surface area contributed by atoms with E-state index in [0.717, 1.165) is 19.5 Å². The number of likely N-dealkylation sites (tertiary alicyclic amines) is 1. The Kier molecular flexibility index (Phi) is 3.09. The number of hydrogen-bond acceptors (Lipinski definition) is 2. The lowest BCUT2D eigenvalue weighted by atomic mass is 9.91. The first-order valence-corrected chi connectivity index (χ1v) is 4.54. The SMILES string of the molecule is CC(=N)N1CC(C)CC(CO)C1. The Morgan fingerprint density at radius 1 is 1.58 bits per heavy atom. The second kappa shape index (κ2) is 3.90. The fourth-order valence-electron chi connectivity index (χ4n) is 1.89. The van der Waals surface area contributed by atoms with Gasteiger partial charge >= 0.3 is 0 Å². The lowest BCUT2D eigenvalue weighted by Gasteiger charge is -2.36. The average molecular weight is 170 g/mol. The monoisotopic (exact) mass is 170 g/mol. The highest BCUT2D eigenvalue weighted by Crippen LogP contribution is 2.20. The number of aliphatic hydroxyl groups excluding tert-OH is 1. The Hall–Kier alpha value is -0.570. The molecule has 1 aliphatic rings. The first-order chi connectivity index (χ1) is 5.63. The van der Waals surface area contributed by atoms with Crippen molar-refractivity contribution >= 4 is 5.84 Å². The lowest BCUT2D eigenvalue weighted by Crippen LogP contribution is -2.43. The highest BCUT2D eigenvalue weighted by atomic mass is 16.3. The summed E-state index contributed by atoms with van der Waals surface area (Å²) < 4.78 is 0. The van der Waals surface area contributed by atoms with Gasteiger partial charge in [0.1, 0.15) is 0 Å². The summed E-state index contributed by atoms with van der Waals surface area (Å²) in [6.07, 6.45) is 1.10. The topological polar surface area (TPSA) is 47.3 Å². The van der Waals surface area contributed by atoms with Crippen molar-refractivity contribution in [3.8, 4) is 0 Å². The van der Waals surface area contributed by atoms with Crippen molar-refractivity contribution < 1.29 is 5.11 Å². The average Bonchev–Trinajstić information content (AvgIpc) is 2.03. The molecule has 3 heteroatoms. The number of amidine groups is 1. The minimum absolute atomic E-state index is 0.258. The molecule has 0 saturated carbocycles. The van der Waals surface area contributed by atoms with Gasteiger partial charge in [-0.3, -0.25) is 5.41 Å². The van der Waals surface area contributed by atoms with Crippen molar-refractivity contribution in [1.82, 2.24) is 4.90 Å². The smallest absolute Gasteiger partial charge is 0.0926 e. The maximum absolute atomic E-state index is 9.01. The highest BCUT2D eigenvalue weighted by Gasteiger charge is 2.23. The summed E-state index contributed by atoms with van der Waals surface area (Å²) in [5.74, 6) is 1.60. The van der Waals surface area contributed by atoms with Crippen molar-refractivity contribution in [1.29, 1.82) is 5.41 Å². The molecule has 1 fully saturated rings. The summed E-state index contributed by atoms with van der Waals surface area (Å²) in [5, 5.41) is 16.5. The second-order valence-corrected chi connectivity index (χ2v) is 3.88. The minimum Gasteiger partial charge on any atom is -0.396 e. The molecule has 1 rings (SSSR count). The largest absolute Gasteiger partial charge is 0.396 e. The van der Waals surface area contributed by atoms with Gasteiger partial charge in [0.05, 0.1) is 5.84 Å². The second-order valence-electron chi connectivity index (χ2n) is 3.88. The Balaban J connectivity index is 2.51. The number of piperidine rings is 1. The van der Waals surface area contributed by atoms with Crippen LogP contribution in [0.5, 0.6) is 0 Å². The van der Waals surface area contributed by atoms with Crippen LogP contribution in [0.2, 0.25) is 0 Å². The summed E-state index contributed by atoms with van der Waals surface area (Å²) in [6.45, 7) is 6.08. The summed E-state index contributed by atoms with van der Waals surface area (Å²) in [4.78, 5) is 2.05. The van der Waals surface area contributed by atoms with Crippen molar-refractivity contribution in [2.45, 2.75) is 20.3 Å². The first-order valence-electron chi connectivity index (χ1n) is 4.54. The predicted octanol–water partition coefficient (Wildman–Crippen LogP) is 0.934. The normalized spacial score (nSPS) is 30.4. The van der Waals surface area contributed by atoms with Crippen LogP contribution in [0.15, 0.2) is 0 Å². The Labute approximate surface area is 73.9 Å². The van der Waals surface area contributed by atoms with Gasteiger partial charge in [-0.05, 0) is 25.2 Å². The van der Waals surface area contributed by atoms with E-state index in [4.69, 9.17) is 10.5 Å². The van der Waals surface area contributed by atoms with E-state index < -0.39 is 0 Å². The molecule has 0 amide bonds. The number of hydrogen-bond donors (Lipinski definition) is 2. The Bertz CT molecular complexity index is 170. The van der Waals surface area contributed by atoms with Gasteiger partial charge in [0, 0.05) is 19.7 Å². The first kappa shape index (κ1) is 9.52. The molecule has 2 unspecified atom stereocenters. The van der Waals surface area contributed by atoms with E-state index in [1.807, 2.05) is 6.92 Å². The van der Waals surface area contributed by atoms with E-state index in [9.17, 15) is 0 Å². The molecule has 2 N–H and O–H groups in total. The molecule has 0 aromatic carbocycles. The molecule has 3 nitrogen and oxygen atoms in total. The molecule has 0 aromatic heterocycles. The van der Waals surface area contributed by atoms with Gasteiger partial charge in [0.25, 0.3) is 0 Å². The molecule has 0 bridgehead atoms. The summed E-state index contributed by atoms with van der Waals surface area (Å²) >= 11 is 0. The van der Waals surface area contributed by atoms with E-state index in [1.165, 1.54) is 0 Å². The van der Waals surface area contributed by atoms with E-state index in [2.05, 4.69) is 11.8 Å². The summed E-state index contributed by atoms with van der Waals surface area (Å²) in [5.41, 5.74) is 0. The molecule has 0 radical (unpaired) electrons. The molecule has 0 aliphatic carbocycles. The van der Waals surface area contributed by atoms with E-state index in [1.54, 1.807) is 0 Å². The lowest BCUT2D eigenvalue weighted by molar-refractivity contribution is 0.131. The maximum Gasteiger partial charge on any atom is 0.0926 e. The van der Waals surface area contributed by atoms with Crippen LogP contribution < -0.4 is 0 Å². The van der Waals surface area contributed by atoms with Gasteiger partial charge in [-0.2, -0.15) is 0 Å². The molecular formula is C9H18N2O. The van der Waals surface area contributed by atoms with Crippen LogP contribution in [0, 0.1) is 17.2 Å².